The van der Waals surface area contributed by atoms with E-state index in [-0.39, 0.29) is 6.10 Å². The molecule has 0 unspecified atom stereocenters. The normalized spacial score (nSPS) is 22.9. The number of pyridine rings is 1. The second-order valence-electron chi connectivity index (χ2n) is 5.61. The first-order valence-electron chi connectivity index (χ1n) is 7.82. The quantitative estimate of drug-likeness (QED) is 0.584. The van der Waals surface area contributed by atoms with Gasteiger partial charge >= 0.3 is 0 Å². The predicted octanol–water partition coefficient (Wildman–Crippen LogP) is 1.75. The molecule has 1 saturated carbocycles. The van der Waals surface area contributed by atoms with Gasteiger partial charge in [-0.2, -0.15) is 0 Å². The van der Waals surface area contributed by atoms with Gasteiger partial charge in [0.15, 0.2) is 5.96 Å². The van der Waals surface area contributed by atoms with Crippen LogP contribution in [-0.2, 0) is 6.54 Å². The molecule has 5 nitrogen and oxygen atoms in total. The van der Waals surface area contributed by atoms with Gasteiger partial charge in [0.25, 0.3) is 0 Å². The van der Waals surface area contributed by atoms with E-state index in [0.29, 0.717) is 12.6 Å². The Balaban J connectivity index is 1.94. The van der Waals surface area contributed by atoms with Crippen LogP contribution in [-0.4, -0.2) is 34.7 Å². The van der Waals surface area contributed by atoms with Gasteiger partial charge in [-0.1, -0.05) is 6.07 Å². The first-order chi connectivity index (χ1) is 10.2. The van der Waals surface area contributed by atoms with E-state index in [1.807, 2.05) is 6.07 Å². The molecule has 0 saturated heterocycles. The number of aromatic nitrogens is 1. The molecule has 1 heterocycles. The van der Waals surface area contributed by atoms with Gasteiger partial charge in [-0.05, 0) is 51.2 Å². The number of nitrogens with one attached hydrogen (secondary N) is 2. The number of guanidine groups is 1. The molecule has 2 rings (SSSR count). The summed E-state index contributed by atoms with van der Waals surface area (Å²) in [6.07, 6.45) is 5.41. The van der Waals surface area contributed by atoms with Gasteiger partial charge in [0.1, 0.15) is 0 Å². The standard InChI is InChI=1S/C16H26N4O/c1-3-17-16(20-13-6-8-14(21)9-7-13)19-11-15-12(2)5-4-10-18-15/h4-5,10,13-14,21H,3,6-9,11H2,1-2H3,(H2,17,19,20). The molecular weight excluding hydrogens is 264 g/mol. The number of aliphatic imine (C=N–C) groups is 1. The fourth-order valence-corrected chi connectivity index (χ4v) is 2.57. The Labute approximate surface area is 126 Å². The van der Waals surface area contributed by atoms with Crippen LogP contribution in [0.1, 0.15) is 43.9 Å². The topological polar surface area (TPSA) is 69.5 Å². The van der Waals surface area contributed by atoms with E-state index in [9.17, 15) is 5.11 Å². The lowest BCUT2D eigenvalue weighted by Crippen LogP contribution is -2.45. The number of aliphatic hydroxyl groups is 1. The Bertz CT molecular complexity index is 467. The van der Waals surface area contributed by atoms with Crippen LogP contribution in [0.2, 0.25) is 0 Å². The van der Waals surface area contributed by atoms with Crippen molar-refractivity contribution < 1.29 is 5.11 Å². The Hall–Kier alpha value is -1.62. The highest BCUT2D eigenvalue weighted by molar-refractivity contribution is 5.80. The Morgan fingerprint density at radius 3 is 2.81 bits per heavy atom. The summed E-state index contributed by atoms with van der Waals surface area (Å²) in [4.78, 5) is 9.00. The van der Waals surface area contributed by atoms with Crippen molar-refractivity contribution >= 4 is 5.96 Å². The van der Waals surface area contributed by atoms with E-state index in [2.05, 4.69) is 40.5 Å². The fraction of sp³-hybridized carbons (Fsp3) is 0.625. The van der Waals surface area contributed by atoms with Crippen LogP contribution < -0.4 is 10.6 Å². The van der Waals surface area contributed by atoms with E-state index in [0.717, 1.165) is 49.4 Å². The van der Waals surface area contributed by atoms with Crippen molar-refractivity contribution in [2.75, 3.05) is 6.54 Å². The molecule has 0 aromatic carbocycles. The summed E-state index contributed by atoms with van der Waals surface area (Å²) in [7, 11) is 0. The lowest BCUT2D eigenvalue weighted by atomic mass is 9.93. The lowest BCUT2D eigenvalue weighted by molar-refractivity contribution is 0.120. The van der Waals surface area contributed by atoms with Gasteiger partial charge in [0.05, 0.1) is 18.3 Å². The van der Waals surface area contributed by atoms with E-state index in [1.54, 1.807) is 6.20 Å². The van der Waals surface area contributed by atoms with E-state index in [4.69, 9.17) is 0 Å². The van der Waals surface area contributed by atoms with Gasteiger partial charge in [0, 0.05) is 18.8 Å². The second-order valence-corrected chi connectivity index (χ2v) is 5.61. The predicted molar refractivity (Wildman–Crippen MR) is 85.2 cm³/mol. The van der Waals surface area contributed by atoms with Crippen molar-refractivity contribution in [3.05, 3.63) is 29.6 Å². The van der Waals surface area contributed by atoms with Crippen LogP contribution in [0.15, 0.2) is 23.3 Å². The van der Waals surface area contributed by atoms with Crippen LogP contribution in [0.3, 0.4) is 0 Å². The molecule has 1 aliphatic rings. The summed E-state index contributed by atoms with van der Waals surface area (Å²) < 4.78 is 0. The maximum absolute atomic E-state index is 9.57. The molecule has 1 aliphatic carbocycles. The van der Waals surface area contributed by atoms with Crippen molar-refractivity contribution in [3.8, 4) is 0 Å². The van der Waals surface area contributed by atoms with Crippen molar-refractivity contribution in [2.24, 2.45) is 4.99 Å². The number of hydrogen-bond acceptors (Lipinski definition) is 3. The minimum absolute atomic E-state index is 0.126. The minimum atomic E-state index is -0.126. The molecule has 3 N–H and O–H groups in total. The number of aryl methyl sites for hydroxylation is 1. The van der Waals surface area contributed by atoms with Gasteiger partial charge < -0.3 is 15.7 Å². The molecule has 1 fully saturated rings. The Morgan fingerprint density at radius 1 is 1.38 bits per heavy atom. The zero-order chi connectivity index (χ0) is 15.1. The molecule has 116 valence electrons. The van der Waals surface area contributed by atoms with E-state index >= 15 is 0 Å². The minimum Gasteiger partial charge on any atom is -0.393 e. The van der Waals surface area contributed by atoms with Crippen molar-refractivity contribution in [3.63, 3.8) is 0 Å². The zero-order valence-electron chi connectivity index (χ0n) is 13.0. The maximum atomic E-state index is 9.57. The summed E-state index contributed by atoms with van der Waals surface area (Å²) in [5.41, 5.74) is 2.17. The van der Waals surface area contributed by atoms with Crippen LogP contribution >= 0.6 is 0 Å². The van der Waals surface area contributed by atoms with Crippen molar-refractivity contribution in [1.29, 1.82) is 0 Å². The first-order valence-corrected chi connectivity index (χ1v) is 7.82. The second kappa shape index (κ2) is 7.98. The highest BCUT2D eigenvalue weighted by atomic mass is 16.3. The number of rotatable bonds is 4. The van der Waals surface area contributed by atoms with Crippen LogP contribution in [0.5, 0.6) is 0 Å². The summed E-state index contributed by atoms with van der Waals surface area (Å²) in [5, 5.41) is 16.3. The van der Waals surface area contributed by atoms with Crippen LogP contribution in [0, 0.1) is 6.92 Å². The van der Waals surface area contributed by atoms with Crippen LogP contribution in [0.25, 0.3) is 0 Å². The van der Waals surface area contributed by atoms with Crippen LogP contribution in [0.4, 0.5) is 0 Å². The lowest BCUT2D eigenvalue weighted by Gasteiger charge is -2.27. The van der Waals surface area contributed by atoms with Crippen molar-refractivity contribution in [1.82, 2.24) is 15.6 Å². The summed E-state index contributed by atoms with van der Waals surface area (Å²) in [6, 6.07) is 4.40. The van der Waals surface area contributed by atoms with Gasteiger partial charge in [-0.3, -0.25) is 4.98 Å². The summed E-state index contributed by atoms with van der Waals surface area (Å²) >= 11 is 0. The summed E-state index contributed by atoms with van der Waals surface area (Å²) in [6.45, 7) is 5.54. The molecule has 5 heteroatoms. The molecule has 0 radical (unpaired) electrons. The molecule has 0 spiro atoms. The molecule has 0 aliphatic heterocycles. The highest BCUT2D eigenvalue weighted by Gasteiger charge is 2.19. The van der Waals surface area contributed by atoms with Gasteiger partial charge in [-0.15, -0.1) is 0 Å². The molecule has 0 amide bonds. The largest absolute Gasteiger partial charge is 0.393 e. The smallest absolute Gasteiger partial charge is 0.191 e. The SMILES string of the molecule is CCNC(=NCc1ncccc1C)NC1CCC(O)CC1. The highest BCUT2D eigenvalue weighted by Crippen LogP contribution is 2.18. The number of hydrogen-bond donors (Lipinski definition) is 3. The summed E-state index contributed by atoms with van der Waals surface area (Å²) in [5.74, 6) is 0.837. The molecule has 1 aromatic heterocycles. The average molecular weight is 290 g/mol. The third kappa shape index (κ3) is 5.01. The maximum Gasteiger partial charge on any atom is 0.191 e. The number of nitrogens with zero attached hydrogens (tertiary/aromatic N) is 2. The van der Waals surface area contributed by atoms with Crippen molar-refractivity contribution in [2.45, 2.75) is 58.2 Å². The van der Waals surface area contributed by atoms with E-state index < -0.39 is 0 Å². The molecular formula is C16H26N4O. The third-order valence-electron chi connectivity index (χ3n) is 3.89. The zero-order valence-corrected chi connectivity index (χ0v) is 13.0. The third-order valence-corrected chi connectivity index (χ3v) is 3.89. The Morgan fingerprint density at radius 2 is 2.14 bits per heavy atom. The monoisotopic (exact) mass is 290 g/mol. The molecule has 1 aromatic rings. The first kappa shape index (κ1) is 15.8. The molecule has 0 bridgehead atoms. The number of aliphatic hydroxyl groups excluding tert-OH is 1. The molecule has 0 atom stereocenters. The Kier molecular flexibility index (Phi) is 5.99. The van der Waals surface area contributed by atoms with Gasteiger partial charge in [0.2, 0.25) is 0 Å². The average Bonchev–Trinajstić information content (AvgIpc) is 2.49. The fourth-order valence-electron chi connectivity index (χ4n) is 2.57. The van der Waals surface area contributed by atoms with Gasteiger partial charge in [-0.25, -0.2) is 4.99 Å². The molecule has 21 heavy (non-hydrogen) atoms. The van der Waals surface area contributed by atoms with E-state index in [1.165, 1.54) is 0 Å².